The van der Waals surface area contributed by atoms with Gasteiger partial charge in [0.2, 0.25) is 0 Å². The van der Waals surface area contributed by atoms with Gasteiger partial charge in [-0.3, -0.25) is 0 Å². The summed E-state index contributed by atoms with van der Waals surface area (Å²) in [7, 11) is 0. The number of unbranched alkanes of at least 4 members (excludes halogenated alkanes) is 2. The van der Waals surface area contributed by atoms with Crippen molar-refractivity contribution in [1.82, 2.24) is 0 Å². The smallest absolute Gasteiger partial charge is 0.120 e. The Bertz CT molecular complexity index is 1590. The quantitative estimate of drug-likeness (QED) is 0.0771. The Morgan fingerprint density at radius 3 is 0.646 bits per heavy atom. The Morgan fingerprint density at radius 1 is 0.292 bits per heavy atom. The molecule has 0 N–H and O–H groups in total. The molecule has 0 aliphatic heterocycles. The normalized spacial score (nSPS) is 11.0. The molecular weight excluding hydrogens is 622 g/mol. The lowest BCUT2D eigenvalue weighted by Gasteiger charge is -2.28. The maximum Gasteiger partial charge on any atom is 0.120 e. The number of hydrogen-bond donors (Lipinski definition) is 0. The average Bonchev–Trinajstić information content (AvgIpc) is 3.18. The molecule has 0 aliphatic rings. The molecule has 6 aromatic rings. The van der Waals surface area contributed by atoms with Gasteiger partial charge in [-0.25, -0.2) is 0 Å². The molecule has 0 amide bonds. The van der Waals surface area contributed by atoms with Gasteiger partial charge in [-0.05, 0) is 58.4 Å². The first-order chi connectivity index (χ1) is 23.8. The van der Waals surface area contributed by atoms with Crippen molar-refractivity contribution in [2.45, 2.75) is 25.7 Å². The molecule has 0 aromatic heterocycles. The van der Waals surface area contributed by atoms with Gasteiger partial charge in [0.05, 0.1) is 0 Å². The standard InChI is InChI=1S/2C22H21OP/c2*23-18-10-11-19-24(20-12-4-1-5-13-20,21-14-6-2-7-15-21)22-16-8-3-9-17-22/h2*1-9,12-19H,10-11H2. The number of hydrogen-bond acceptors (Lipinski definition) is 2. The van der Waals surface area contributed by atoms with Gasteiger partial charge in [-0.1, -0.05) is 194 Å². The molecule has 4 heteroatoms. The summed E-state index contributed by atoms with van der Waals surface area (Å²) in [5.74, 6) is 4.78. The lowest BCUT2D eigenvalue weighted by atomic mass is 10.3. The maximum atomic E-state index is 10.9. The third-order valence-electron chi connectivity index (χ3n) is 8.36. The second kappa shape index (κ2) is 18.0. The minimum atomic E-state index is -1.87. The van der Waals surface area contributed by atoms with Gasteiger partial charge in [0.25, 0.3) is 0 Å². The molecule has 48 heavy (non-hydrogen) atoms. The van der Waals surface area contributed by atoms with Gasteiger partial charge >= 0.3 is 0 Å². The summed E-state index contributed by atoms with van der Waals surface area (Å²) in [4.78, 5) is 21.8. The fraction of sp³-hybridized carbons (Fsp3) is 0.0909. The van der Waals surface area contributed by atoms with Crippen LogP contribution in [0.1, 0.15) is 25.7 Å². The number of rotatable bonds is 12. The van der Waals surface area contributed by atoms with Crippen molar-refractivity contribution in [3.63, 3.8) is 0 Å². The Labute approximate surface area is 286 Å². The van der Waals surface area contributed by atoms with Crippen molar-refractivity contribution in [3.8, 4) is 0 Å². The zero-order valence-electron chi connectivity index (χ0n) is 27.2. The van der Waals surface area contributed by atoms with Crippen LogP contribution in [-0.4, -0.2) is 24.2 Å². The summed E-state index contributed by atoms with van der Waals surface area (Å²) in [6.07, 6.45) is 4.72. The first-order valence-electron chi connectivity index (χ1n) is 16.4. The predicted molar refractivity (Wildman–Crippen MR) is 213 cm³/mol. The van der Waals surface area contributed by atoms with Crippen molar-refractivity contribution >= 4 is 69.8 Å². The highest BCUT2D eigenvalue weighted by atomic mass is 31.2. The van der Waals surface area contributed by atoms with Crippen LogP contribution in [0.4, 0.5) is 0 Å². The lowest BCUT2D eigenvalue weighted by Crippen LogP contribution is -2.27. The molecular formula is C44H42O2P2. The fourth-order valence-electron chi connectivity index (χ4n) is 6.18. The van der Waals surface area contributed by atoms with E-state index in [0.29, 0.717) is 12.8 Å². The molecule has 0 spiro atoms. The lowest BCUT2D eigenvalue weighted by molar-refractivity contribution is -0.108. The summed E-state index contributed by atoms with van der Waals surface area (Å²) in [5.41, 5.74) is 0. The van der Waals surface area contributed by atoms with E-state index in [4.69, 9.17) is 0 Å². The molecule has 0 atom stereocenters. The van der Waals surface area contributed by atoms with Crippen LogP contribution in [0.5, 0.6) is 0 Å². The van der Waals surface area contributed by atoms with Gasteiger partial charge in [0, 0.05) is 12.8 Å². The van der Waals surface area contributed by atoms with E-state index in [0.717, 1.165) is 25.4 Å². The molecule has 0 aliphatic carbocycles. The molecule has 6 rings (SSSR count). The minimum absolute atomic E-state index is 0.564. The largest absolute Gasteiger partial charge is 0.303 e. The molecule has 0 saturated carbocycles. The molecule has 240 valence electrons. The molecule has 0 radical (unpaired) electrons. The summed E-state index contributed by atoms with van der Waals surface area (Å²) in [6, 6.07) is 64.1. The Morgan fingerprint density at radius 2 is 0.479 bits per heavy atom. The van der Waals surface area contributed by atoms with Crippen LogP contribution in [0.3, 0.4) is 0 Å². The van der Waals surface area contributed by atoms with Crippen LogP contribution in [0.2, 0.25) is 0 Å². The van der Waals surface area contributed by atoms with Crippen LogP contribution in [0.15, 0.2) is 182 Å². The zero-order valence-corrected chi connectivity index (χ0v) is 29.0. The highest BCUT2D eigenvalue weighted by molar-refractivity contribution is 7.94. The first-order valence-corrected chi connectivity index (χ1v) is 20.1. The highest BCUT2D eigenvalue weighted by Gasteiger charge is 2.25. The van der Waals surface area contributed by atoms with E-state index in [-0.39, 0.29) is 0 Å². The summed E-state index contributed by atoms with van der Waals surface area (Å²) in [5, 5.41) is 7.96. The van der Waals surface area contributed by atoms with Gasteiger partial charge in [-0.2, -0.15) is 0 Å². The molecule has 0 unspecified atom stereocenters. The first kappa shape index (κ1) is 34.6. The number of carbonyl (C=O) groups is 2. The van der Waals surface area contributed by atoms with E-state index in [1.54, 1.807) is 0 Å². The molecule has 0 fully saturated rings. The SMILES string of the molecule is O=CCCC=P(c1ccccc1)(c1ccccc1)c1ccccc1.O=CCCC=P(c1ccccc1)(c1ccccc1)c1ccccc1. The van der Waals surface area contributed by atoms with Crippen molar-refractivity contribution in [2.75, 3.05) is 0 Å². The van der Waals surface area contributed by atoms with Crippen LogP contribution < -0.4 is 31.8 Å². The van der Waals surface area contributed by atoms with E-state index in [1.807, 2.05) is 0 Å². The van der Waals surface area contributed by atoms with Crippen LogP contribution in [0, 0.1) is 0 Å². The summed E-state index contributed by atoms with van der Waals surface area (Å²) < 4.78 is 0. The van der Waals surface area contributed by atoms with Gasteiger partial charge in [0.15, 0.2) is 0 Å². The molecule has 0 heterocycles. The summed E-state index contributed by atoms with van der Waals surface area (Å²) in [6.45, 7) is -3.73. The van der Waals surface area contributed by atoms with E-state index in [9.17, 15) is 9.59 Å². The van der Waals surface area contributed by atoms with Crippen molar-refractivity contribution in [3.05, 3.63) is 182 Å². The van der Waals surface area contributed by atoms with Crippen molar-refractivity contribution in [2.24, 2.45) is 0 Å². The van der Waals surface area contributed by atoms with Crippen LogP contribution >= 0.6 is 13.8 Å². The van der Waals surface area contributed by atoms with Crippen molar-refractivity contribution in [1.29, 1.82) is 0 Å². The summed E-state index contributed by atoms with van der Waals surface area (Å²) >= 11 is 0. The van der Waals surface area contributed by atoms with Crippen LogP contribution in [0.25, 0.3) is 0 Å². The highest BCUT2D eigenvalue weighted by Crippen LogP contribution is 2.45. The van der Waals surface area contributed by atoms with Gasteiger partial charge < -0.3 is 9.59 Å². The minimum Gasteiger partial charge on any atom is -0.303 e. The average molecular weight is 665 g/mol. The van der Waals surface area contributed by atoms with E-state index in [2.05, 4.69) is 194 Å². The van der Waals surface area contributed by atoms with Gasteiger partial charge in [0.1, 0.15) is 12.6 Å². The second-order valence-electron chi connectivity index (χ2n) is 11.3. The van der Waals surface area contributed by atoms with E-state index in [1.165, 1.54) is 31.8 Å². The number of benzene rings is 6. The number of aldehydes is 2. The third kappa shape index (κ3) is 8.03. The van der Waals surface area contributed by atoms with E-state index >= 15 is 0 Å². The van der Waals surface area contributed by atoms with Gasteiger partial charge in [-0.15, -0.1) is 0 Å². The monoisotopic (exact) mass is 664 g/mol. The van der Waals surface area contributed by atoms with Crippen LogP contribution in [-0.2, 0) is 9.59 Å². The predicted octanol–water partition coefficient (Wildman–Crippen LogP) is 7.52. The Hall–Kier alpha value is -4.74. The third-order valence-corrected chi connectivity index (χ3v) is 16.6. The Kier molecular flexibility index (Phi) is 13.0. The van der Waals surface area contributed by atoms with Crippen molar-refractivity contribution < 1.29 is 9.59 Å². The Balaban J connectivity index is 0.000000188. The molecule has 0 bridgehead atoms. The fourth-order valence-corrected chi connectivity index (χ4v) is 14.2. The topological polar surface area (TPSA) is 34.1 Å². The maximum absolute atomic E-state index is 10.9. The molecule has 2 nitrogen and oxygen atoms in total. The second-order valence-corrected chi connectivity index (χ2v) is 18.0. The van der Waals surface area contributed by atoms with E-state index < -0.39 is 13.8 Å². The molecule has 0 saturated heterocycles. The zero-order chi connectivity index (χ0) is 33.3. The number of carbonyl (C=O) groups excluding carboxylic acids is 2. The molecule has 6 aromatic carbocycles.